The molecule has 0 fully saturated rings. The van der Waals surface area contributed by atoms with Gasteiger partial charge in [0.25, 0.3) is 0 Å². The van der Waals surface area contributed by atoms with Crippen LogP contribution < -0.4 is 5.73 Å². The quantitative estimate of drug-likeness (QED) is 0.838. The molecule has 0 aliphatic carbocycles. The lowest BCUT2D eigenvalue weighted by atomic mass is 10.1. The predicted molar refractivity (Wildman–Crippen MR) is 65.0 cm³/mol. The van der Waals surface area contributed by atoms with Crippen molar-refractivity contribution in [2.24, 2.45) is 0 Å². The van der Waals surface area contributed by atoms with Gasteiger partial charge in [-0.25, -0.2) is 4.68 Å². The number of aromatic nitrogens is 3. The number of rotatable bonds is 2. The summed E-state index contributed by atoms with van der Waals surface area (Å²) in [5.41, 5.74) is 8.02. The second-order valence-corrected chi connectivity index (χ2v) is 4.20. The number of nitrogen functional groups attached to an aromatic ring is 1. The Balaban J connectivity index is 2.41. The third-order valence-corrected chi connectivity index (χ3v) is 2.46. The molecule has 1 aromatic heterocycles. The van der Waals surface area contributed by atoms with Gasteiger partial charge in [0.2, 0.25) is 5.95 Å². The largest absolute Gasteiger partial charge is 0.368 e. The summed E-state index contributed by atoms with van der Waals surface area (Å²) in [6, 6.07) is 8.33. The summed E-state index contributed by atoms with van der Waals surface area (Å²) >= 11 is 0. The first kappa shape index (κ1) is 10.7. The van der Waals surface area contributed by atoms with E-state index < -0.39 is 0 Å². The van der Waals surface area contributed by atoms with Gasteiger partial charge in [0.05, 0.1) is 6.04 Å². The summed E-state index contributed by atoms with van der Waals surface area (Å²) in [5.74, 6) is 1.15. The molecule has 0 saturated heterocycles. The van der Waals surface area contributed by atoms with Crippen LogP contribution in [0.15, 0.2) is 24.3 Å². The fourth-order valence-corrected chi connectivity index (χ4v) is 1.54. The van der Waals surface area contributed by atoms with E-state index in [4.69, 9.17) is 5.73 Å². The van der Waals surface area contributed by atoms with Gasteiger partial charge in [0.1, 0.15) is 0 Å². The number of anilines is 1. The summed E-state index contributed by atoms with van der Waals surface area (Å²) in [6.07, 6.45) is 0. The molecule has 0 radical (unpaired) electrons. The van der Waals surface area contributed by atoms with Crippen LogP contribution in [0, 0.1) is 6.92 Å². The standard InChI is InChI=1S/C12H16N4/c1-8(2)16-12(13)14-11(15-16)10-6-4-9(3)5-7-10/h4-8H,1-3H3,(H2,13,14,15). The molecule has 1 aromatic carbocycles. The summed E-state index contributed by atoms with van der Waals surface area (Å²) in [7, 11) is 0. The van der Waals surface area contributed by atoms with Gasteiger partial charge in [0.15, 0.2) is 5.82 Å². The Morgan fingerprint density at radius 3 is 2.31 bits per heavy atom. The minimum absolute atomic E-state index is 0.228. The smallest absolute Gasteiger partial charge is 0.219 e. The number of aryl methyl sites for hydroxylation is 1. The lowest BCUT2D eigenvalue weighted by molar-refractivity contribution is 0.541. The molecule has 0 aliphatic heterocycles. The van der Waals surface area contributed by atoms with Gasteiger partial charge < -0.3 is 5.73 Å². The Hall–Kier alpha value is -1.84. The van der Waals surface area contributed by atoms with Crippen LogP contribution in [0.5, 0.6) is 0 Å². The van der Waals surface area contributed by atoms with Crippen molar-refractivity contribution in [2.45, 2.75) is 26.8 Å². The summed E-state index contributed by atoms with van der Waals surface area (Å²) in [6.45, 7) is 6.12. The second kappa shape index (κ2) is 3.96. The molecule has 2 rings (SSSR count). The fourth-order valence-electron chi connectivity index (χ4n) is 1.54. The molecule has 2 N–H and O–H groups in total. The van der Waals surface area contributed by atoms with E-state index in [0.29, 0.717) is 11.8 Å². The zero-order valence-corrected chi connectivity index (χ0v) is 9.81. The number of hydrogen-bond acceptors (Lipinski definition) is 3. The van der Waals surface area contributed by atoms with Crippen LogP contribution in [0.2, 0.25) is 0 Å². The minimum Gasteiger partial charge on any atom is -0.368 e. The molecule has 84 valence electrons. The molecule has 0 spiro atoms. The number of nitrogens with two attached hydrogens (primary N) is 1. The van der Waals surface area contributed by atoms with Crippen LogP contribution in [-0.4, -0.2) is 14.8 Å². The van der Waals surface area contributed by atoms with E-state index in [2.05, 4.69) is 17.0 Å². The summed E-state index contributed by atoms with van der Waals surface area (Å²) in [5, 5.41) is 4.39. The molecule has 4 heteroatoms. The number of benzene rings is 1. The lowest BCUT2D eigenvalue weighted by Crippen LogP contribution is -2.07. The molecule has 0 amide bonds. The minimum atomic E-state index is 0.228. The lowest BCUT2D eigenvalue weighted by Gasteiger charge is -2.04. The van der Waals surface area contributed by atoms with Crippen molar-refractivity contribution in [3.05, 3.63) is 29.8 Å². The van der Waals surface area contributed by atoms with Crippen LogP contribution in [0.1, 0.15) is 25.5 Å². The van der Waals surface area contributed by atoms with E-state index in [1.165, 1.54) is 5.56 Å². The Labute approximate surface area is 95.1 Å². The Morgan fingerprint density at radius 2 is 1.81 bits per heavy atom. The van der Waals surface area contributed by atoms with Gasteiger partial charge >= 0.3 is 0 Å². The molecular weight excluding hydrogens is 200 g/mol. The van der Waals surface area contributed by atoms with Crippen molar-refractivity contribution >= 4 is 5.95 Å². The third kappa shape index (κ3) is 1.91. The SMILES string of the molecule is Cc1ccc(-c2nc(N)n(C(C)C)n2)cc1. The van der Waals surface area contributed by atoms with E-state index in [-0.39, 0.29) is 6.04 Å². The van der Waals surface area contributed by atoms with E-state index in [9.17, 15) is 0 Å². The van der Waals surface area contributed by atoms with E-state index in [1.807, 2.05) is 38.1 Å². The molecule has 0 atom stereocenters. The van der Waals surface area contributed by atoms with E-state index in [0.717, 1.165) is 5.56 Å². The normalized spacial score (nSPS) is 11.0. The molecule has 2 aromatic rings. The topological polar surface area (TPSA) is 56.7 Å². The van der Waals surface area contributed by atoms with Crippen molar-refractivity contribution in [3.8, 4) is 11.4 Å². The van der Waals surface area contributed by atoms with Crippen molar-refractivity contribution in [1.29, 1.82) is 0 Å². The van der Waals surface area contributed by atoms with Gasteiger partial charge in [-0.3, -0.25) is 0 Å². The first-order valence-electron chi connectivity index (χ1n) is 5.37. The van der Waals surface area contributed by atoms with Crippen LogP contribution in [0.3, 0.4) is 0 Å². The van der Waals surface area contributed by atoms with Crippen molar-refractivity contribution < 1.29 is 0 Å². The highest BCUT2D eigenvalue weighted by Crippen LogP contribution is 2.19. The Kier molecular flexibility index (Phi) is 2.64. The van der Waals surface area contributed by atoms with Gasteiger partial charge in [-0.15, -0.1) is 5.10 Å². The first-order valence-corrected chi connectivity index (χ1v) is 5.37. The van der Waals surface area contributed by atoms with Crippen molar-refractivity contribution in [3.63, 3.8) is 0 Å². The predicted octanol–water partition coefficient (Wildman–Crippen LogP) is 2.42. The molecule has 0 saturated carbocycles. The van der Waals surface area contributed by atoms with Crippen LogP contribution >= 0.6 is 0 Å². The van der Waals surface area contributed by atoms with Gasteiger partial charge in [-0.1, -0.05) is 29.8 Å². The molecule has 4 nitrogen and oxygen atoms in total. The van der Waals surface area contributed by atoms with Gasteiger partial charge in [-0.2, -0.15) is 4.98 Å². The summed E-state index contributed by atoms with van der Waals surface area (Å²) < 4.78 is 1.73. The highest BCUT2D eigenvalue weighted by molar-refractivity contribution is 5.56. The number of nitrogens with zero attached hydrogens (tertiary/aromatic N) is 3. The second-order valence-electron chi connectivity index (χ2n) is 4.20. The van der Waals surface area contributed by atoms with E-state index in [1.54, 1.807) is 4.68 Å². The molecule has 0 unspecified atom stereocenters. The maximum Gasteiger partial charge on any atom is 0.219 e. The van der Waals surface area contributed by atoms with Gasteiger partial charge in [0, 0.05) is 5.56 Å². The maximum absolute atomic E-state index is 5.80. The Morgan fingerprint density at radius 1 is 1.19 bits per heavy atom. The van der Waals surface area contributed by atoms with Crippen LogP contribution in [0.25, 0.3) is 11.4 Å². The zero-order valence-electron chi connectivity index (χ0n) is 9.81. The van der Waals surface area contributed by atoms with Crippen LogP contribution in [0.4, 0.5) is 5.95 Å². The molecule has 16 heavy (non-hydrogen) atoms. The molecule has 0 bridgehead atoms. The fraction of sp³-hybridized carbons (Fsp3) is 0.333. The average molecular weight is 216 g/mol. The monoisotopic (exact) mass is 216 g/mol. The highest BCUT2D eigenvalue weighted by Gasteiger charge is 2.10. The average Bonchev–Trinajstić information content (AvgIpc) is 2.61. The molecule has 0 aliphatic rings. The van der Waals surface area contributed by atoms with Crippen molar-refractivity contribution in [2.75, 3.05) is 5.73 Å². The van der Waals surface area contributed by atoms with Crippen LogP contribution in [-0.2, 0) is 0 Å². The Bertz CT molecular complexity index is 482. The third-order valence-electron chi connectivity index (χ3n) is 2.46. The van der Waals surface area contributed by atoms with E-state index >= 15 is 0 Å². The van der Waals surface area contributed by atoms with Gasteiger partial charge in [-0.05, 0) is 20.8 Å². The summed E-state index contributed by atoms with van der Waals surface area (Å²) in [4.78, 5) is 4.26. The number of hydrogen-bond donors (Lipinski definition) is 1. The van der Waals surface area contributed by atoms with Crippen molar-refractivity contribution in [1.82, 2.24) is 14.8 Å². The zero-order chi connectivity index (χ0) is 11.7. The first-order chi connectivity index (χ1) is 7.58. The maximum atomic E-state index is 5.80. The highest BCUT2D eigenvalue weighted by atomic mass is 15.4. The molecule has 1 heterocycles. The molecular formula is C12H16N4.